The molecule has 0 aliphatic heterocycles. The number of Topliss-reactive ketones (excluding diaryl/α,β-unsaturated/α-hetero) is 1. The van der Waals surface area contributed by atoms with Crippen LogP contribution in [-0.2, 0) is 0 Å². The molecule has 2 aromatic rings. The van der Waals surface area contributed by atoms with Gasteiger partial charge in [0.1, 0.15) is 6.33 Å². The monoisotopic (exact) mass is 230 g/mol. The van der Waals surface area contributed by atoms with Crippen LogP contribution in [0, 0.1) is 0 Å². The largest absolute Gasteiger partial charge is 0.293 e. The number of hydrogen-bond acceptors (Lipinski definition) is 4. The first kappa shape index (κ1) is 10.8. The number of hydrogen-bond donors (Lipinski definition) is 0. The molecule has 0 fully saturated rings. The summed E-state index contributed by atoms with van der Waals surface area (Å²) in [6.07, 6.45) is 3.15. The lowest BCUT2D eigenvalue weighted by atomic mass is 10.2. The average molecular weight is 230 g/mol. The molecule has 80 valence electrons. The van der Waals surface area contributed by atoms with E-state index < -0.39 is 0 Å². The number of aromatic nitrogens is 2. The van der Waals surface area contributed by atoms with Crippen LogP contribution in [0.2, 0.25) is 0 Å². The standard InChI is InChI=1S/C12H10N2OS/c15-11(10-4-2-1-3-5-10)8-16-12-6-7-13-9-14-12/h1-7,9H,8H2. The van der Waals surface area contributed by atoms with Gasteiger partial charge < -0.3 is 0 Å². The van der Waals surface area contributed by atoms with Crippen LogP contribution in [-0.4, -0.2) is 21.5 Å². The Balaban J connectivity index is 1.95. The first-order chi connectivity index (χ1) is 7.86. The van der Waals surface area contributed by atoms with Gasteiger partial charge in [0, 0.05) is 11.8 Å². The summed E-state index contributed by atoms with van der Waals surface area (Å²) in [6.45, 7) is 0. The highest BCUT2D eigenvalue weighted by Crippen LogP contribution is 2.15. The van der Waals surface area contributed by atoms with Gasteiger partial charge in [-0.3, -0.25) is 4.79 Å². The molecule has 0 bridgehead atoms. The lowest BCUT2D eigenvalue weighted by Gasteiger charge is -2.00. The van der Waals surface area contributed by atoms with E-state index in [-0.39, 0.29) is 5.78 Å². The Kier molecular flexibility index (Phi) is 3.66. The fourth-order valence-corrected chi connectivity index (χ4v) is 1.94. The molecule has 0 radical (unpaired) electrons. The molecule has 0 aliphatic rings. The normalized spacial score (nSPS) is 10.0. The molecule has 0 spiro atoms. The number of rotatable bonds is 4. The molecule has 2 rings (SSSR count). The Hall–Kier alpha value is -1.68. The van der Waals surface area contributed by atoms with Crippen LogP contribution in [0.1, 0.15) is 10.4 Å². The zero-order valence-electron chi connectivity index (χ0n) is 8.54. The van der Waals surface area contributed by atoms with Crippen LogP contribution >= 0.6 is 11.8 Å². The van der Waals surface area contributed by atoms with Crippen molar-refractivity contribution in [2.24, 2.45) is 0 Å². The van der Waals surface area contributed by atoms with Gasteiger partial charge in [-0.2, -0.15) is 0 Å². The quantitative estimate of drug-likeness (QED) is 0.459. The van der Waals surface area contributed by atoms with Crippen molar-refractivity contribution in [3.63, 3.8) is 0 Å². The number of benzene rings is 1. The average Bonchev–Trinajstić information content (AvgIpc) is 2.38. The smallest absolute Gasteiger partial charge is 0.173 e. The predicted octanol–water partition coefficient (Wildman–Crippen LogP) is 2.45. The van der Waals surface area contributed by atoms with Crippen molar-refractivity contribution in [2.45, 2.75) is 5.03 Å². The van der Waals surface area contributed by atoms with E-state index in [1.54, 1.807) is 12.3 Å². The molecular formula is C12H10N2OS. The van der Waals surface area contributed by atoms with Gasteiger partial charge in [0.15, 0.2) is 5.78 Å². The van der Waals surface area contributed by atoms with Gasteiger partial charge >= 0.3 is 0 Å². The lowest BCUT2D eigenvalue weighted by Crippen LogP contribution is -2.01. The van der Waals surface area contributed by atoms with E-state index in [9.17, 15) is 4.79 Å². The van der Waals surface area contributed by atoms with Crippen molar-refractivity contribution in [1.29, 1.82) is 0 Å². The third kappa shape index (κ3) is 2.90. The van der Waals surface area contributed by atoms with Crippen molar-refractivity contribution in [3.8, 4) is 0 Å². The van der Waals surface area contributed by atoms with Crippen LogP contribution in [0.3, 0.4) is 0 Å². The van der Waals surface area contributed by atoms with Crippen LogP contribution in [0.4, 0.5) is 0 Å². The summed E-state index contributed by atoms with van der Waals surface area (Å²) in [6, 6.07) is 11.1. The second-order valence-electron chi connectivity index (χ2n) is 3.13. The minimum absolute atomic E-state index is 0.115. The maximum absolute atomic E-state index is 11.8. The van der Waals surface area contributed by atoms with Crippen molar-refractivity contribution in [2.75, 3.05) is 5.75 Å². The van der Waals surface area contributed by atoms with Crippen LogP contribution in [0.15, 0.2) is 53.9 Å². The van der Waals surface area contributed by atoms with Gasteiger partial charge in [-0.25, -0.2) is 9.97 Å². The molecule has 0 saturated heterocycles. The highest BCUT2D eigenvalue weighted by Gasteiger charge is 2.05. The third-order valence-corrected chi connectivity index (χ3v) is 2.95. The Morgan fingerprint density at radius 3 is 2.69 bits per heavy atom. The van der Waals surface area contributed by atoms with Crippen molar-refractivity contribution < 1.29 is 4.79 Å². The minimum Gasteiger partial charge on any atom is -0.293 e. The van der Waals surface area contributed by atoms with Gasteiger partial charge in [0.25, 0.3) is 0 Å². The fraction of sp³-hybridized carbons (Fsp3) is 0.0833. The molecule has 0 amide bonds. The number of nitrogens with zero attached hydrogens (tertiary/aromatic N) is 2. The van der Waals surface area contributed by atoms with Gasteiger partial charge in [0.2, 0.25) is 0 Å². The lowest BCUT2D eigenvalue weighted by molar-refractivity contribution is 0.102. The molecule has 0 atom stereocenters. The molecular weight excluding hydrogens is 220 g/mol. The molecule has 0 saturated carbocycles. The fourth-order valence-electron chi connectivity index (χ4n) is 1.21. The Labute approximate surface area is 97.9 Å². The van der Waals surface area contributed by atoms with Gasteiger partial charge in [0.05, 0.1) is 10.8 Å². The second-order valence-corrected chi connectivity index (χ2v) is 4.12. The third-order valence-electron chi connectivity index (χ3n) is 2.00. The zero-order valence-corrected chi connectivity index (χ0v) is 9.35. The first-order valence-electron chi connectivity index (χ1n) is 4.83. The maximum atomic E-state index is 11.8. The molecule has 1 aromatic carbocycles. The van der Waals surface area contributed by atoms with E-state index in [0.717, 1.165) is 10.6 Å². The highest BCUT2D eigenvalue weighted by atomic mass is 32.2. The van der Waals surface area contributed by atoms with Crippen LogP contribution in [0.5, 0.6) is 0 Å². The van der Waals surface area contributed by atoms with Crippen molar-refractivity contribution >= 4 is 17.5 Å². The number of carbonyl (C=O) groups excluding carboxylic acids is 1. The number of ketones is 1. The summed E-state index contributed by atoms with van der Waals surface area (Å²) in [7, 11) is 0. The molecule has 1 aromatic heterocycles. The molecule has 0 N–H and O–H groups in total. The zero-order chi connectivity index (χ0) is 11.2. The van der Waals surface area contributed by atoms with E-state index in [1.807, 2.05) is 30.3 Å². The minimum atomic E-state index is 0.115. The summed E-state index contributed by atoms with van der Waals surface area (Å²) < 4.78 is 0. The SMILES string of the molecule is O=C(CSc1ccncn1)c1ccccc1. The highest BCUT2D eigenvalue weighted by molar-refractivity contribution is 7.99. The summed E-state index contributed by atoms with van der Waals surface area (Å²) in [5, 5.41) is 0.819. The van der Waals surface area contributed by atoms with Gasteiger partial charge in [-0.15, -0.1) is 0 Å². The van der Waals surface area contributed by atoms with Crippen molar-refractivity contribution in [3.05, 3.63) is 54.5 Å². The van der Waals surface area contributed by atoms with Crippen LogP contribution < -0.4 is 0 Å². The Morgan fingerprint density at radius 2 is 2.00 bits per heavy atom. The maximum Gasteiger partial charge on any atom is 0.173 e. The summed E-state index contributed by atoms with van der Waals surface area (Å²) >= 11 is 1.42. The summed E-state index contributed by atoms with van der Waals surface area (Å²) in [4.78, 5) is 19.6. The Bertz CT molecular complexity index is 459. The van der Waals surface area contributed by atoms with Crippen LogP contribution in [0.25, 0.3) is 0 Å². The Morgan fingerprint density at radius 1 is 1.19 bits per heavy atom. The van der Waals surface area contributed by atoms with Crippen molar-refractivity contribution in [1.82, 2.24) is 9.97 Å². The molecule has 4 heteroatoms. The molecule has 16 heavy (non-hydrogen) atoms. The molecule has 3 nitrogen and oxygen atoms in total. The van der Waals surface area contributed by atoms with E-state index >= 15 is 0 Å². The van der Waals surface area contributed by atoms with E-state index in [1.165, 1.54) is 18.1 Å². The van der Waals surface area contributed by atoms with Gasteiger partial charge in [-0.1, -0.05) is 42.1 Å². The summed E-state index contributed by atoms with van der Waals surface area (Å²) in [5.74, 6) is 0.519. The molecule has 0 aliphatic carbocycles. The van der Waals surface area contributed by atoms with E-state index in [4.69, 9.17) is 0 Å². The first-order valence-corrected chi connectivity index (χ1v) is 5.82. The number of thioether (sulfide) groups is 1. The molecule has 1 heterocycles. The van der Waals surface area contributed by atoms with E-state index in [2.05, 4.69) is 9.97 Å². The topological polar surface area (TPSA) is 42.9 Å². The second kappa shape index (κ2) is 5.42. The number of carbonyl (C=O) groups is 1. The summed E-state index contributed by atoms with van der Waals surface area (Å²) in [5.41, 5.74) is 0.740. The van der Waals surface area contributed by atoms with E-state index in [0.29, 0.717) is 5.75 Å². The predicted molar refractivity (Wildman–Crippen MR) is 63.5 cm³/mol. The molecule has 0 unspecified atom stereocenters. The van der Waals surface area contributed by atoms with Gasteiger partial charge in [-0.05, 0) is 6.07 Å².